The van der Waals surface area contributed by atoms with Gasteiger partial charge in [-0.05, 0) is 31.5 Å². The standard InChI is InChI=1S/C21H19ClFN7O/c1-11-6-13-8-16(23)17-14(9-21(2,3)18(17)29(13)28-11)20(31)27-12-7-15(22)19(24-10-12)30-25-4-5-26-30/h4-8,10,14H,9H2,1-3H3,(H,27,31). The van der Waals surface area contributed by atoms with Crippen LogP contribution in [0.3, 0.4) is 0 Å². The molecule has 1 aliphatic rings. The van der Waals surface area contributed by atoms with E-state index in [0.717, 1.165) is 11.4 Å². The highest BCUT2D eigenvalue weighted by atomic mass is 35.5. The minimum Gasteiger partial charge on any atom is -0.324 e. The van der Waals surface area contributed by atoms with Crippen molar-refractivity contribution in [3.8, 4) is 5.82 Å². The Labute approximate surface area is 182 Å². The number of fused-ring (bicyclic) bond motifs is 3. The summed E-state index contributed by atoms with van der Waals surface area (Å²) in [4.78, 5) is 18.7. The van der Waals surface area contributed by atoms with Gasteiger partial charge in [0.2, 0.25) is 5.91 Å². The van der Waals surface area contributed by atoms with Gasteiger partial charge in [-0.1, -0.05) is 25.4 Å². The van der Waals surface area contributed by atoms with Crippen LogP contribution in [0.1, 0.15) is 43.1 Å². The van der Waals surface area contributed by atoms with Gasteiger partial charge in [0.05, 0.1) is 52.1 Å². The van der Waals surface area contributed by atoms with Crippen molar-refractivity contribution in [2.24, 2.45) is 0 Å². The third-order valence-corrected chi connectivity index (χ3v) is 5.85. The van der Waals surface area contributed by atoms with Gasteiger partial charge < -0.3 is 5.32 Å². The molecule has 0 spiro atoms. The van der Waals surface area contributed by atoms with Crippen LogP contribution in [0.15, 0.2) is 36.8 Å². The second-order valence-corrected chi connectivity index (χ2v) is 8.76. The first kappa shape index (κ1) is 19.6. The van der Waals surface area contributed by atoms with Crippen molar-refractivity contribution >= 4 is 28.7 Å². The van der Waals surface area contributed by atoms with E-state index in [2.05, 4.69) is 25.6 Å². The monoisotopic (exact) mass is 439 g/mol. The SMILES string of the molecule is Cc1cc2cc(F)c3c(n2n1)C(C)(C)CC3C(=O)Nc1cnc(-n2nccn2)c(Cl)c1. The summed E-state index contributed by atoms with van der Waals surface area (Å²) in [5.41, 5.74) is 2.57. The summed E-state index contributed by atoms with van der Waals surface area (Å²) < 4.78 is 16.9. The van der Waals surface area contributed by atoms with Crippen LogP contribution in [-0.2, 0) is 10.2 Å². The number of nitrogens with one attached hydrogen (secondary N) is 1. The average molecular weight is 440 g/mol. The fourth-order valence-electron chi connectivity index (χ4n) is 4.35. The van der Waals surface area contributed by atoms with Crippen LogP contribution >= 0.6 is 11.6 Å². The zero-order chi connectivity index (χ0) is 21.9. The first-order chi connectivity index (χ1) is 14.7. The van der Waals surface area contributed by atoms with Crippen LogP contribution in [0.5, 0.6) is 0 Å². The number of anilines is 1. The molecule has 5 rings (SSSR count). The highest BCUT2D eigenvalue weighted by molar-refractivity contribution is 6.32. The molecule has 0 saturated heterocycles. The molecule has 10 heteroatoms. The molecule has 1 amide bonds. The molecule has 1 N–H and O–H groups in total. The lowest BCUT2D eigenvalue weighted by atomic mass is 9.88. The molecule has 1 unspecified atom stereocenters. The normalized spacial score (nSPS) is 17.1. The van der Waals surface area contributed by atoms with Crippen molar-refractivity contribution in [3.63, 3.8) is 0 Å². The molecule has 4 aromatic heterocycles. The third kappa shape index (κ3) is 3.16. The number of rotatable bonds is 3. The molecule has 0 fully saturated rings. The fraction of sp³-hybridized carbons (Fsp3) is 0.286. The molecule has 0 aliphatic heterocycles. The Morgan fingerprint density at radius 1 is 1.26 bits per heavy atom. The Kier molecular flexibility index (Phi) is 4.33. The number of carbonyl (C=O) groups is 1. The van der Waals surface area contributed by atoms with Crippen molar-refractivity contribution in [3.05, 3.63) is 64.6 Å². The molecular formula is C21H19ClFN7O. The van der Waals surface area contributed by atoms with E-state index in [1.807, 2.05) is 26.8 Å². The third-order valence-electron chi connectivity index (χ3n) is 5.58. The zero-order valence-electron chi connectivity index (χ0n) is 17.1. The molecule has 1 aliphatic carbocycles. The summed E-state index contributed by atoms with van der Waals surface area (Å²) in [6.45, 7) is 5.86. The Hall–Kier alpha value is -3.33. The van der Waals surface area contributed by atoms with Crippen LogP contribution < -0.4 is 5.32 Å². The summed E-state index contributed by atoms with van der Waals surface area (Å²) in [6, 6.07) is 4.84. The van der Waals surface area contributed by atoms with E-state index < -0.39 is 17.2 Å². The van der Waals surface area contributed by atoms with E-state index in [4.69, 9.17) is 11.6 Å². The van der Waals surface area contributed by atoms with E-state index >= 15 is 4.39 Å². The number of hydrogen-bond donors (Lipinski definition) is 1. The van der Waals surface area contributed by atoms with Crippen molar-refractivity contribution in [1.29, 1.82) is 0 Å². The predicted molar refractivity (Wildman–Crippen MR) is 113 cm³/mol. The van der Waals surface area contributed by atoms with E-state index in [9.17, 15) is 4.79 Å². The second kappa shape index (κ2) is 6.84. The van der Waals surface area contributed by atoms with Gasteiger partial charge in [-0.15, -0.1) is 4.80 Å². The topological polar surface area (TPSA) is 90.0 Å². The van der Waals surface area contributed by atoms with E-state index in [0.29, 0.717) is 29.0 Å². The first-order valence-corrected chi connectivity index (χ1v) is 10.1. The quantitative estimate of drug-likeness (QED) is 0.524. The van der Waals surface area contributed by atoms with Crippen molar-refractivity contribution in [1.82, 2.24) is 29.6 Å². The molecule has 4 aromatic rings. The summed E-state index contributed by atoms with van der Waals surface area (Å²) in [7, 11) is 0. The molecule has 158 valence electrons. The van der Waals surface area contributed by atoms with Crippen molar-refractivity contribution in [2.75, 3.05) is 5.32 Å². The summed E-state index contributed by atoms with van der Waals surface area (Å²) in [5.74, 6) is -1.04. The maximum absolute atomic E-state index is 15.1. The molecule has 8 nitrogen and oxygen atoms in total. The van der Waals surface area contributed by atoms with Gasteiger partial charge in [-0.2, -0.15) is 15.3 Å². The van der Waals surface area contributed by atoms with Gasteiger partial charge in [0.25, 0.3) is 0 Å². The van der Waals surface area contributed by atoms with E-state index in [1.165, 1.54) is 29.5 Å². The Morgan fingerprint density at radius 2 is 2.00 bits per heavy atom. The van der Waals surface area contributed by atoms with Gasteiger partial charge in [-0.25, -0.2) is 13.9 Å². The lowest BCUT2D eigenvalue weighted by Gasteiger charge is -2.20. The number of aromatic nitrogens is 6. The number of pyridine rings is 2. The van der Waals surface area contributed by atoms with Gasteiger partial charge in [0, 0.05) is 11.0 Å². The van der Waals surface area contributed by atoms with E-state index in [-0.39, 0.29) is 10.9 Å². The predicted octanol–water partition coefficient (Wildman–Crippen LogP) is 3.81. The second-order valence-electron chi connectivity index (χ2n) is 8.35. The molecule has 1 atom stereocenters. The van der Waals surface area contributed by atoms with Gasteiger partial charge >= 0.3 is 0 Å². The summed E-state index contributed by atoms with van der Waals surface area (Å²) in [5, 5.41) is 15.6. The highest BCUT2D eigenvalue weighted by Crippen LogP contribution is 2.47. The van der Waals surface area contributed by atoms with Gasteiger partial charge in [-0.3, -0.25) is 4.79 Å². The summed E-state index contributed by atoms with van der Waals surface area (Å²) >= 11 is 6.30. The number of hydrogen-bond acceptors (Lipinski definition) is 5. The fourth-order valence-corrected chi connectivity index (χ4v) is 4.59. The van der Waals surface area contributed by atoms with Crippen LogP contribution in [-0.4, -0.2) is 35.5 Å². The average Bonchev–Trinajstić information content (AvgIpc) is 3.39. The Morgan fingerprint density at radius 3 is 2.71 bits per heavy atom. The highest BCUT2D eigenvalue weighted by Gasteiger charge is 2.44. The largest absolute Gasteiger partial charge is 0.324 e. The Balaban J connectivity index is 1.49. The molecule has 0 aromatic carbocycles. The van der Waals surface area contributed by atoms with E-state index in [1.54, 1.807) is 10.6 Å². The Bertz CT molecular complexity index is 1330. The minimum atomic E-state index is -0.662. The van der Waals surface area contributed by atoms with Crippen LogP contribution in [0.25, 0.3) is 11.3 Å². The molecule has 4 heterocycles. The maximum atomic E-state index is 15.1. The van der Waals surface area contributed by atoms with Crippen LogP contribution in [0, 0.1) is 12.7 Å². The minimum absolute atomic E-state index is 0.279. The lowest BCUT2D eigenvalue weighted by Crippen LogP contribution is -2.22. The number of carbonyl (C=O) groups excluding carboxylic acids is 1. The molecule has 31 heavy (non-hydrogen) atoms. The number of aryl methyl sites for hydroxylation is 1. The number of amides is 1. The zero-order valence-corrected chi connectivity index (χ0v) is 17.9. The van der Waals surface area contributed by atoms with Gasteiger partial charge in [0.15, 0.2) is 5.82 Å². The molecular weight excluding hydrogens is 421 g/mol. The molecule has 0 radical (unpaired) electrons. The van der Waals surface area contributed by atoms with Crippen molar-refractivity contribution in [2.45, 2.75) is 38.5 Å². The molecule has 0 saturated carbocycles. The lowest BCUT2D eigenvalue weighted by molar-refractivity contribution is -0.117. The number of halogens is 2. The maximum Gasteiger partial charge on any atom is 0.232 e. The smallest absolute Gasteiger partial charge is 0.232 e. The first-order valence-electron chi connectivity index (χ1n) is 9.77. The van der Waals surface area contributed by atoms with Crippen LogP contribution in [0.2, 0.25) is 5.02 Å². The summed E-state index contributed by atoms with van der Waals surface area (Å²) in [6.07, 6.45) is 4.96. The molecule has 0 bridgehead atoms. The number of nitrogens with zero attached hydrogens (tertiary/aromatic N) is 6. The van der Waals surface area contributed by atoms with Gasteiger partial charge in [0.1, 0.15) is 5.82 Å². The van der Waals surface area contributed by atoms with Crippen LogP contribution in [0.4, 0.5) is 10.1 Å². The van der Waals surface area contributed by atoms with Crippen molar-refractivity contribution < 1.29 is 9.18 Å².